The van der Waals surface area contributed by atoms with Crippen LogP contribution in [0.5, 0.6) is 11.5 Å². The Morgan fingerprint density at radius 1 is 1.38 bits per heavy atom. The Bertz CT molecular complexity index is 781. The minimum Gasteiger partial charge on any atom is -0.535 e. The molecule has 1 unspecified atom stereocenters. The van der Waals surface area contributed by atoms with E-state index in [-0.39, 0.29) is 29.8 Å². The Balaban J connectivity index is 1.57. The standard InChI is InChI=1S/C18H25BN2O8/c1-18(20,10-27-8-14(22)23)9-21-6-12(7-21)28-13-3-2-11-4-5-19(26)29-16(11)15(13)17(24)25/h2-3,12,26H,4-10,20H2,1H3,(H,22,23)(H,24,25). The zero-order valence-corrected chi connectivity index (χ0v) is 16.2. The maximum atomic E-state index is 11.8. The quantitative estimate of drug-likeness (QED) is 0.400. The van der Waals surface area contributed by atoms with Crippen molar-refractivity contribution in [3.8, 4) is 11.5 Å². The molecule has 0 aromatic heterocycles. The van der Waals surface area contributed by atoms with Gasteiger partial charge in [0.2, 0.25) is 0 Å². The van der Waals surface area contributed by atoms with Crippen molar-refractivity contribution in [2.45, 2.75) is 31.3 Å². The molecule has 0 radical (unpaired) electrons. The third-order valence-corrected chi connectivity index (χ3v) is 4.79. The Kier molecular flexibility index (Phi) is 6.32. The van der Waals surface area contributed by atoms with Gasteiger partial charge in [-0.1, -0.05) is 6.07 Å². The van der Waals surface area contributed by atoms with Gasteiger partial charge < -0.3 is 35.1 Å². The van der Waals surface area contributed by atoms with Crippen molar-refractivity contribution in [3.05, 3.63) is 23.3 Å². The number of carbonyl (C=O) groups is 2. The Labute approximate surface area is 168 Å². The third-order valence-electron chi connectivity index (χ3n) is 4.79. The third kappa shape index (κ3) is 5.38. The second kappa shape index (κ2) is 8.58. The van der Waals surface area contributed by atoms with Crippen molar-refractivity contribution in [2.75, 3.05) is 32.8 Å². The fourth-order valence-corrected chi connectivity index (χ4v) is 3.55. The van der Waals surface area contributed by atoms with E-state index < -0.39 is 31.2 Å². The summed E-state index contributed by atoms with van der Waals surface area (Å²) in [5.74, 6) is -1.86. The smallest absolute Gasteiger partial charge is 0.522 e. The highest BCUT2D eigenvalue weighted by molar-refractivity contribution is 6.44. The van der Waals surface area contributed by atoms with Crippen LogP contribution in [0.2, 0.25) is 6.32 Å². The summed E-state index contributed by atoms with van der Waals surface area (Å²) in [5.41, 5.74) is 6.08. The normalized spacial score (nSPS) is 18.9. The zero-order chi connectivity index (χ0) is 21.2. The molecule has 10 nitrogen and oxygen atoms in total. The first-order valence-electron chi connectivity index (χ1n) is 9.36. The predicted molar refractivity (Wildman–Crippen MR) is 102 cm³/mol. The van der Waals surface area contributed by atoms with Gasteiger partial charge in [0.15, 0.2) is 0 Å². The van der Waals surface area contributed by atoms with Gasteiger partial charge in [-0.05, 0) is 31.3 Å². The van der Waals surface area contributed by atoms with Gasteiger partial charge in [-0.3, -0.25) is 4.90 Å². The number of rotatable bonds is 9. The lowest BCUT2D eigenvalue weighted by Crippen LogP contribution is -2.61. The number of hydrogen-bond acceptors (Lipinski definition) is 8. The second-order valence-corrected chi connectivity index (χ2v) is 7.82. The van der Waals surface area contributed by atoms with Crippen LogP contribution >= 0.6 is 0 Å². The molecule has 2 heterocycles. The molecule has 5 N–H and O–H groups in total. The van der Waals surface area contributed by atoms with Crippen molar-refractivity contribution in [1.29, 1.82) is 0 Å². The molecular weight excluding hydrogens is 383 g/mol. The molecule has 1 aromatic rings. The van der Waals surface area contributed by atoms with Crippen LogP contribution in [0.25, 0.3) is 0 Å². The molecule has 0 aliphatic carbocycles. The lowest BCUT2D eigenvalue weighted by Gasteiger charge is -2.43. The molecule has 1 aromatic carbocycles. The number of carboxylic acids is 2. The summed E-state index contributed by atoms with van der Waals surface area (Å²) in [6.07, 6.45) is 0.737. The van der Waals surface area contributed by atoms with Crippen LogP contribution in [-0.4, -0.2) is 83.7 Å². The van der Waals surface area contributed by atoms with E-state index in [2.05, 4.69) is 0 Å². The average molecular weight is 408 g/mol. The molecule has 2 aliphatic rings. The van der Waals surface area contributed by atoms with Gasteiger partial charge in [0.1, 0.15) is 29.8 Å². The molecule has 1 saturated heterocycles. The summed E-state index contributed by atoms with van der Waals surface area (Å²) in [6, 6.07) is 3.38. The molecule has 0 spiro atoms. The highest BCUT2D eigenvalue weighted by Crippen LogP contribution is 2.37. The number of carboxylic acid groups (broad SMARTS) is 2. The zero-order valence-electron chi connectivity index (χ0n) is 16.2. The van der Waals surface area contributed by atoms with Crippen molar-refractivity contribution in [1.82, 2.24) is 4.90 Å². The molecule has 3 rings (SSSR count). The lowest BCUT2D eigenvalue weighted by molar-refractivity contribution is -0.142. The molecule has 158 valence electrons. The van der Waals surface area contributed by atoms with Gasteiger partial charge >= 0.3 is 19.1 Å². The monoisotopic (exact) mass is 408 g/mol. The summed E-state index contributed by atoms with van der Waals surface area (Å²) in [6.45, 7) is 3.06. The van der Waals surface area contributed by atoms with Crippen LogP contribution in [0.15, 0.2) is 12.1 Å². The average Bonchev–Trinajstić information content (AvgIpc) is 2.58. The van der Waals surface area contributed by atoms with Gasteiger partial charge in [0.05, 0.1) is 6.61 Å². The summed E-state index contributed by atoms with van der Waals surface area (Å²) >= 11 is 0. The van der Waals surface area contributed by atoms with Crippen LogP contribution < -0.4 is 15.1 Å². The van der Waals surface area contributed by atoms with E-state index in [0.717, 1.165) is 5.56 Å². The van der Waals surface area contributed by atoms with Crippen LogP contribution in [0.3, 0.4) is 0 Å². The minimum atomic E-state index is -1.17. The van der Waals surface area contributed by atoms with Crippen LogP contribution in [0, 0.1) is 0 Å². The molecule has 11 heteroatoms. The van der Waals surface area contributed by atoms with Crippen molar-refractivity contribution in [3.63, 3.8) is 0 Å². The number of likely N-dealkylation sites (tertiary alicyclic amines) is 1. The number of aromatic carboxylic acids is 1. The minimum absolute atomic E-state index is 0.0783. The maximum Gasteiger partial charge on any atom is 0.522 e. The Morgan fingerprint density at radius 2 is 2.10 bits per heavy atom. The summed E-state index contributed by atoms with van der Waals surface area (Å²) in [5, 5.41) is 27.9. The van der Waals surface area contributed by atoms with Gasteiger partial charge in [-0.25, -0.2) is 9.59 Å². The van der Waals surface area contributed by atoms with E-state index in [1.165, 1.54) is 0 Å². The van der Waals surface area contributed by atoms with Gasteiger partial charge in [-0.2, -0.15) is 0 Å². The van der Waals surface area contributed by atoms with E-state index >= 15 is 0 Å². The molecule has 0 amide bonds. The molecule has 0 bridgehead atoms. The Hall–Kier alpha value is -2.34. The molecule has 29 heavy (non-hydrogen) atoms. The molecule has 2 aliphatic heterocycles. The predicted octanol–water partition coefficient (Wildman–Crippen LogP) is -0.318. The molecule has 1 fully saturated rings. The first kappa shape index (κ1) is 21.4. The fourth-order valence-electron chi connectivity index (χ4n) is 3.55. The van der Waals surface area contributed by atoms with Gasteiger partial charge in [0.25, 0.3) is 0 Å². The van der Waals surface area contributed by atoms with Crippen molar-refractivity contribution < 1.29 is 39.0 Å². The van der Waals surface area contributed by atoms with E-state index in [1.54, 1.807) is 19.1 Å². The lowest BCUT2D eigenvalue weighted by atomic mass is 9.78. The van der Waals surface area contributed by atoms with Gasteiger partial charge in [-0.15, -0.1) is 0 Å². The first-order chi connectivity index (χ1) is 13.6. The molecular formula is C18H25BN2O8. The van der Waals surface area contributed by atoms with E-state index in [9.17, 15) is 19.7 Å². The number of nitrogens with zero attached hydrogens (tertiary/aromatic N) is 1. The summed E-state index contributed by atoms with van der Waals surface area (Å²) in [4.78, 5) is 24.3. The number of hydrogen-bond donors (Lipinski definition) is 4. The van der Waals surface area contributed by atoms with E-state index in [1.807, 2.05) is 4.90 Å². The number of aryl methyl sites for hydroxylation is 1. The van der Waals surface area contributed by atoms with Crippen LogP contribution in [0.4, 0.5) is 0 Å². The summed E-state index contributed by atoms with van der Waals surface area (Å²) in [7, 11) is -1.03. The second-order valence-electron chi connectivity index (χ2n) is 7.82. The number of aliphatic carboxylic acids is 1. The van der Waals surface area contributed by atoms with Crippen molar-refractivity contribution in [2.24, 2.45) is 5.73 Å². The van der Waals surface area contributed by atoms with E-state index in [4.69, 9.17) is 25.0 Å². The number of benzene rings is 1. The number of fused-ring (bicyclic) bond motifs is 1. The topological polar surface area (TPSA) is 152 Å². The van der Waals surface area contributed by atoms with Crippen molar-refractivity contribution >= 4 is 19.1 Å². The van der Waals surface area contributed by atoms with Gasteiger partial charge in [0, 0.05) is 25.2 Å². The number of ether oxygens (including phenoxy) is 2. The van der Waals surface area contributed by atoms with Crippen LogP contribution in [-0.2, 0) is 16.0 Å². The van der Waals surface area contributed by atoms with E-state index in [0.29, 0.717) is 32.4 Å². The Morgan fingerprint density at radius 3 is 2.76 bits per heavy atom. The molecule has 0 saturated carbocycles. The first-order valence-corrected chi connectivity index (χ1v) is 9.36. The summed E-state index contributed by atoms with van der Waals surface area (Å²) < 4.78 is 16.3. The fraction of sp³-hybridized carbons (Fsp3) is 0.556. The largest absolute Gasteiger partial charge is 0.535 e. The highest BCUT2D eigenvalue weighted by atomic mass is 16.5. The van der Waals surface area contributed by atoms with Crippen LogP contribution in [0.1, 0.15) is 22.8 Å². The highest BCUT2D eigenvalue weighted by Gasteiger charge is 2.36. The maximum absolute atomic E-state index is 11.8. The number of nitrogens with two attached hydrogens (primary N) is 1. The molecule has 1 atom stereocenters. The SMILES string of the molecule is CC(N)(COCC(=O)O)CN1CC(Oc2ccc3c(c2C(=O)O)OB(O)CC3)C1.